The van der Waals surface area contributed by atoms with E-state index in [1.807, 2.05) is 0 Å². The third kappa shape index (κ3) is 27.2. The molecule has 0 nitrogen and oxygen atoms in total. The van der Waals surface area contributed by atoms with E-state index in [9.17, 15) is 25.2 Å². The van der Waals surface area contributed by atoms with Gasteiger partial charge < -0.3 is 0 Å². The molecule has 0 spiro atoms. The Hall–Kier alpha value is 0.920. The normalized spacial score (nSPS) is 15.1. The molecule has 0 fully saturated rings. The first-order valence-corrected chi connectivity index (χ1v) is 14.8. The van der Waals surface area contributed by atoms with Crippen LogP contribution in [0.2, 0.25) is 0 Å². The Balaban J connectivity index is 0. The Morgan fingerprint density at radius 3 is 1.12 bits per heavy atom. The Morgan fingerprint density at radius 2 is 0.880 bits per heavy atom. The minimum absolute atomic E-state index is 0.596. The van der Waals surface area contributed by atoms with Crippen LogP contribution in [0.1, 0.15) is 72.1 Å². The van der Waals surface area contributed by atoms with Crippen LogP contribution in [0.25, 0.3) is 0 Å². The second-order valence-corrected chi connectivity index (χ2v) is 13.8. The standard InChI is InChI=1S/C16H35BrP.F6P/c1-4-7-13-18(14-8-5-2,15-9-6-3)16-11-10-12-17;1-7(2,3,4,5)6/h4-16H2,1-3H3;/q+1;-1. The van der Waals surface area contributed by atoms with E-state index in [1.165, 1.54) is 56.7 Å². The molecule has 0 rings (SSSR count). The van der Waals surface area contributed by atoms with Crippen LogP contribution in [0, 0.1) is 0 Å². The molecule has 0 atom stereocenters. The molecule has 0 bridgehead atoms. The van der Waals surface area contributed by atoms with Gasteiger partial charge in [-0.1, -0.05) is 56.0 Å². The number of hydrogen-bond acceptors (Lipinski definition) is 0. The third-order valence-corrected chi connectivity index (χ3v) is 9.59. The molecule has 9 heteroatoms. The molecule has 158 valence electrons. The van der Waals surface area contributed by atoms with E-state index in [1.54, 1.807) is 24.6 Å². The van der Waals surface area contributed by atoms with Crippen LogP contribution in [-0.4, -0.2) is 30.0 Å². The van der Waals surface area contributed by atoms with Crippen molar-refractivity contribution in [3.63, 3.8) is 0 Å². The molecule has 0 aliphatic rings. The Morgan fingerprint density at radius 1 is 0.600 bits per heavy atom. The van der Waals surface area contributed by atoms with Gasteiger partial charge in [-0.3, -0.25) is 0 Å². The fourth-order valence-electron chi connectivity index (χ4n) is 2.69. The van der Waals surface area contributed by atoms with Crippen molar-refractivity contribution < 1.29 is 25.2 Å². The molecular formula is C16H35BrF6P2. The van der Waals surface area contributed by atoms with Crippen molar-refractivity contribution in [3.8, 4) is 0 Å². The van der Waals surface area contributed by atoms with Gasteiger partial charge in [0.2, 0.25) is 0 Å². The molecule has 0 aliphatic heterocycles. The Labute approximate surface area is 158 Å². The van der Waals surface area contributed by atoms with Gasteiger partial charge >= 0.3 is 33.0 Å². The minimum atomic E-state index is -10.7. The van der Waals surface area contributed by atoms with E-state index in [4.69, 9.17) is 0 Å². The quantitative estimate of drug-likeness (QED) is 0.106. The molecular weight excluding hydrogens is 448 g/mol. The molecule has 0 aromatic carbocycles. The second kappa shape index (κ2) is 11.7. The predicted molar refractivity (Wildman–Crippen MR) is 108 cm³/mol. The van der Waals surface area contributed by atoms with Crippen molar-refractivity contribution in [3.05, 3.63) is 0 Å². The summed E-state index contributed by atoms with van der Waals surface area (Å²) in [5.41, 5.74) is 0. The summed E-state index contributed by atoms with van der Waals surface area (Å²) in [7, 11) is -11.3. The summed E-state index contributed by atoms with van der Waals surface area (Å²) >= 11 is 3.59. The fourth-order valence-corrected chi connectivity index (χ4v) is 8.29. The van der Waals surface area contributed by atoms with E-state index in [0.717, 1.165) is 0 Å². The number of hydrogen-bond donors (Lipinski definition) is 0. The average molecular weight is 483 g/mol. The molecule has 0 N–H and O–H groups in total. The van der Waals surface area contributed by atoms with Gasteiger partial charge in [-0.05, 0) is 32.1 Å². The summed E-state index contributed by atoms with van der Waals surface area (Å²) in [6.45, 7) is 7.06. The van der Waals surface area contributed by atoms with Gasteiger partial charge in [0, 0.05) is 12.6 Å². The van der Waals surface area contributed by atoms with Crippen LogP contribution in [0.3, 0.4) is 0 Å². The van der Waals surface area contributed by atoms with Gasteiger partial charge in [0.05, 0.1) is 24.6 Å². The molecule has 0 aliphatic carbocycles. The molecule has 0 amide bonds. The van der Waals surface area contributed by atoms with Gasteiger partial charge in [-0.15, -0.1) is 0 Å². The monoisotopic (exact) mass is 482 g/mol. The van der Waals surface area contributed by atoms with Crippen molar-refractivity contribution >= 4 is 31.0 Å². The topological polar surface area (TPSA) is 0 Å². The summed E-state index contributed by atoms with van der Waals surface area (Å²) in [5, 5.41) is 1.20. The number of unbranched alkanes of at least 4 members (excludes halogenated alkanes) is 4. The first-order chi connectivity index (χ1) is 11.2. The van der Waals surface area contributed by atoms with E-state index in [2.05, 4.69) is 36.7 Å². The van der Waals surface area contributed by atoms with Gasteiger partial charge in [0.25, 0.3) is 0 Å². The van der Waals surface area contributed by atoms with Crippen molar-refractivity contribution in [1.82, 2.24) is 0 Å². The summed E-state index contributed by atoms with van der Waals surface area (Å²) in [4.78, 5) is 0. The molecule has 0 unspecified atom stereocenters. The first kappa shape index (κ1) is 28.1. The van der Waals surface area contributed by atoms with Crippen LogP contribution >= 0.6 is 31.0 Å². The second-order valence-electron chi connectivity index (χ2n) is 6.65. The molecule has 0 aromatic heterocycles. The fraction of sp³-hybridized carbons (Fsp3) is 1.00. The van der Waals surface area contributed by atoms with Crippen LogP contribution in [0.5, 0.6) is 0 Å². The maximum absolute atomic E-state index is 10.7. The maximum atomic E-state index is 9.87. The van der Waals surface area contributed by atoms with Gasteiger partial charge in [0.15, 0.2) is 0 Å². The Bertz CT molecular complexity index is 298. The van der Waals surface area contributed by atoms with E-state index in [-0.39, 0.29) is 0 Å². The first-order valence-electron chi connectivity index (χ1n) is 9.17. The summed E-state index contributed by atoms with van der Waals surface area (Å²) in [5.74, 6) is 0. The SMILES string of the molecule is CCCC[P+](CCCC)(CCCC)CCCCBr.F[P-](F)(F)(F)(F)F. The molecule has 25 heavy (non-hydrogen) atoms. The summed E-state index contributed by atoms with van der Waals surface area (Å²) < 4.78 is 59.2. The number of alkyl halides is 1. The van der Waals surface area contributed by atoms with Crippen molar-refractivity contribution in [2.45, 2.75) is 72.1 Å². The van der Waals surface area contributed by atoms with Gasteiger partial charge in [0.1, 0.15) is 0 Å². The molecule has 0 saturated heterocycles. The van der Waals surface area contributed by atoms with Gasteiger partial charge in [-0.25, -0.2) is 0 Å². The molecule has 0 aromatic rings. The van der Waals surface area contributed by atoms with E-state index >= 15 is 0 Å². The zero-order valence-electron chi connectivity index (χ0n) is 15.7. The zero-order chi connectivity index (χ0) is 20.1. The van der Waals surface area contributed by atoms with Crippen molar-refractivity contribution in [1.29, 1.82) is 0 Å². The molecule has 0 radical (unpaired) electrons. The summed E-state index contributed by atoms with van der Waals surface area (Å²) in [6.07, 6.45) is 17.8. The van der Waals surface area contributed by atoms with Crippen molar-refractivity contribution in [2.24, 2.45) is 0 Å². The summed E-state index contributed by atoms with van der Waals surface area (Å²) in [6, 6.07) is 0. The molecule has 0 heterocycles. The number of rotatable bonds is 13. The zero-order valence-corrected chi connectivity index (χ0v) is 19.1. The van der Waals surface area contributed by atoms with Crippen LogP contribution in [0.15, 0.2) is 0 Å². The van der Waals surface area contributed by atoms with Crippen LogP contribution in [0.4, 0.5) is 25.2 Å². The van der Waals surface area contributed by atoms with Crippen molar-refractivity contribution in [2.75, 3.05) is 30.0 Å². The van der Waals surface area contributed by atoms with Crippen LogP contribution in [-0.2, 0) is 0 Å². The van der Waals surface area contributed by atoms with E-state index in [0.29, 0.717) is 0 Å². The Kier molecular flexibility index (Phi) is 13.2. The molecule has 0 saturated carbocycles. The predicted octanol–water partition coefficient (Wildman–Crippen LogP) is 9.96. The third-order valence-electron chi connectivity index (χ3n) is 3.97. The van der Waals surface area contributed by atoms with Crippen LogP contribution < -0.4 is 0 Å². The van der Waals surface area contributed by atoms with E-state index < -0.39 is 15.1 Å². The van der Waals surface area contributed by atoms with Gasteiger partial charge in [-0.2, -0.15) is 0 Å². The number of halogens is 7. The average Bonchev–Trinajstić information content (AvgIpc) is 2.45.